The topological polar surface area (TPSA) is 78.9 Å². The molecular weight excluding hydrogens is 457 g/mol. The molecule has 1 aromatic carbocycles. The van der Waals surface area contributed by atoms with Crippen LogP contribution in [0.2, 0.25) is 0 Å². The number of benzene rings is 1. The molecule has 146 valence electrons. The standard InChI is InChI=1S/C19H25N5O2.HI/c1-20-19(23-13-15-9-10-21-17(11-15)26-4)22-12-14-5-7-16(8-6-14)18(25)24(2)3;/h5-11H,12-13H2,1-4H3,(H2,20,22,23);1H. The van der Waals surface area contributed by atoms with Gasteiger partial charge in [-0.15, -0.1) is 24.0 Å². The van der Waals surface area contributed by atoms with Gasteiger partial charge in [0.15, 0.2) is 5.96 Å². The molecule has 1 amide bonds. The highest BCUT2D eigenvalue weighted by Crippen LogP contribution is 2.08. The van der Waals surface area contributed by atoms with Crippen molar-refractivity contribution in [2.45, 2.75) is 13.1 Å². The molecule has 1 aromatic heterocycles. The number of rotatable bonds is 6. The molecule has 0 aliphatic rings. The van der Waals surface area contributed by atoms with Gasteiger partial charge in [0.05, 0.1) is 7.11 Å². The van der Waals surface area contributed by atoms with E-state index in [1.165, 1.54) is 0 Å². The number of nitrogens with zero attached hydrogens (tertiary/aromatic N) is 3. The molecule has 1 heterocycles. The molecule has 8 heteroatoms. The van der Waals surface area contributed by atoms with Crippen molar-refractivity contribution in [3.63, 3.8) is 0 Å². The van der Waals surface area contributed by atoms with E-state index in [-0.39, 0.29) is 29.9 Å². The molecule has 7 nitrogen and oxygen atoms in total. The molecule has 0 bridgehead atoms. The molecule has 2 N–H and O–H groups in total. The lowest BCUT2D eigenvalue weighted by atomic mass is 10.1. The van der Waals surface area contributed by atoms with Gasteiger partial charge < -0.3 is 20.3 Å². The molecule has 27 heavy (non-hydrogen) atoms. The fourth-order valence-corrected chi connectivity index (χ4v) is 2.29. The normalized spacial score (nSPS) is 10.6. The summed E-state index contributed by atoms with van der Waals surface area (Å²) in [6, 6.07) is 11.3. The fourth-order valence-electron chi connectivity index (χ4n) is 2.29. The summed E-state index contributed by atoms with van der Waals surface area (Å²) >= 11 is 0. The quantitative estimate of drug-likeness (QED) is 0.375. The van der Waals surface area contributed by atoms with Crippen LogP contribution >= 0.6 is 24.0 Å². The summed E-state index contributed by atoms with van der Waals surface area (Å²) < 4.78 is 5.12. The Morgan fingerprint density at radius 2 is 1.74 bits per heavy atom. The number of halogens is 1. The van der Waals surface area contributed by atoms with E-state index in [1.54, 1.807) is 39.3 Å². The third-order valence-electron chi connectivity index (χ3n) is 3.76. The molecule has 0 radical (unpaired) electrons. The van der Waals surface area contributed by atoms with E-state index < -0.39 is 0 Å². The number of nitrogens with one attached hydrogen (secondary N) is 2. The zero-order valence-electron chi connectivity index (χ0n) is 16.0. The number of carbonyl (C=O) groups excluding carboxylic acids is 1. The van der Waals surface area contributed by atoms with Crippen molar-refractivity contribution in [1.82, 2.24) is 20.5 Å². The number of methoxy groups -OCH3 is 1. The molecule has 0 atom stereocenters. The Hall–Kier alpha value is -2.36. The summed E-state index contributed by atoms with van der Waals surface area (Å²) in [5.74, 6) is 1.27. The van der Waals surface area contributed by atoms with E-state index in [1.807, 2.05) is 36.4 Å². The number of carbonyl (C=O) groups is 1. The second-order valence-corrected chi connectivity index (χ2v) is 5.88. The van der Waals surface area contributed by atoms with Crippen molar-refractivity contribution in [3.8, 4) is 5.88 Å². The average molecular weight is 483 g/mol. The van der Waals surface area contributed by atoms with Crippen LogP contribution in [0.1, 0.15) is 21.5 Å². The first-order chi connectivity index (χ1) is 12.5. The largest absolute Gasteiger partial charge is 0.481 e. The van der Waals surface area contributed by atoms with Crippen molar-refractivity contribution >= 4 is 35.8 Å². The van der Waals surface area contributed by atoms with Crippen molar-refractivity contribution in [1.29, 1.82) is 0 Å². The van der Waals surface area contributed by atoms with Gasteiger partial charge in [-0.1, -0.05) is 12.1 Å². The van der Waals surface area contributed by atoms with Crippen molar-refractivity contribution in [2.24, 2.45) is 4.99 Å². The Balaban J connectivity index is 0.00000364. The van der Waals surface area contributed by atoms with Gasteiger partial charge >= 0.3 is 0 Å². The molecule has 0 spiro atoms. The number of hydrogen-bond donors (Lipinski definition) is 2. The number of guanidine groups is 1. The average Bonchev–Trinajstić information content (AvgIpc) is 2.68. The smallest absolute Gasteiger partial charge is 0.253 e. The van der Waals surface area contributed by atoms with Gasteiger partial charge in [-0.3, -0.25) is 9.79 Å². The minimum absolute atomic E-state index is 0. The van der Waals surface area contributed by atoms with E-state index in [2.05, 4.69) is 20.6 Å². The maximum atomic E-state index is 11.9. The van der Waals surface area contributed by atoms with Gasteiger partial charge in [-0.25, -0.2) is 4.98 Å². The van der Waals surface area contributed by atoms with Crippen LogP contribution in [-0.4, -0.2) is 50.0 Å². The number of aromatic nitrogens is 1. The van der Waals surface area contributed by atoms with Crippen LogP contribution in [0, 0.1) is 0 Å². The second-order valence-electron chi connectivity index (χ2n) is 5.88. The summed E-state index contributed by atoms with van der Waals surface area (Å²) in [5, 5.41) is 6.50. The fraction of sp³-hybridized carbons (Fsp3) is 0.316. The van der Waals surface area contributed by atoms with Gasteiger partial charge in [0, 0.05) is 52.1 Å². The third kappa shape index (κ3) is 7.05. The number of pyridine rings is 1. The molecule has 0 fully saturated rings. The Kier molecular flexibility index (Phi) is 9.55. The molecule has 0 aliphatic heterocycles. The van der Waals surface area contributed by atoms with Crippen molar-refractivity contribution < 1.29 is 9.53 Å². The van der Waals surface area contributed by atoms with Crippen LogP contribution in [0.3, 0.4) is 0 Å². The highest BCUT2D eigenvalue weighted by Gasteiger charge is 2.07. The predicted octanol–water partition coefficient (Wildman–Crippen LogP) is 2.28. The highest BCUT2D eigenvalue weighted by atomic mass is 127. The molecule has 0 aliphatic carbocycles. The first-order valence-corrected chi connectivity index (χ1v) is 8.27. The zero-order chi connectivity index (χ0) is 18.9. The van der Waals surface area contributed by atoms with Crippen LogP contribution in [0.4, 0.5) is 0 Å². The lowest BCUT2D eigenvalue weighted by Crippen LogP contribution is -2.36. The number of ether oxygens (including phenoxy) is 1. The minimum Gasteiger partial charge on any atom is -0.481 e. The van der Waals surface area contributed by atoms with Gasteiger partial charge in [-0.05, 0) is 29.3 Å². The van der Waals surface area contributed by atoms with Crippen LogP contribution in [0.5, 0.6) is 5.88 Å². The van der Waals surface area contributed by atoms with Gasteiger partial charge in [0.25, 0.3) is 5.91 Å². The SMILES string of the molecule is CN=C(NCc1ccc(C(=O)N(C)C)cc1)NCc1ccnc(OC)c1.I. The molecular formula is C19H26IN5O2. The summed E-state index contributed by atoms with van der Waals surface area (Å²) in [7, 11) is 6.80. The lowest BCUT2D eigenvalue weighted by molar-refractivity contribution is 0.0827. The Bertz CT molecular complexity index is 763. The van der Waals surface area contributed by atoms with Crippen LogP contribution in [0.25, 0.3) is 0 Å². The number of amides is 1. The first-order valence-electron chi connectivity index (χ1n) is 8.27. The predicted molar refractivity (Wildman–Crippen MR) is 118 cm³/mol. The maximum absolute atomic E-state index is 11.9. The monoisotopic (exact) mass is 483 g/mol. The van der Waals surface area contributed by atoms with E-state index >= 15 is 0 Å². The highest BCUT2D eigenvalue weighted by molar-refractivity contribution is 14.0. The van der Waals surface area contributed by atoms with Crippen molar-refractivity contribution in [2.75, 3.05) is 28.3 Å². The van der Waals surface area contributed by atoms with Crippen molar-refractivity contribution in [3.05, 3.63) is 59.3 Å². The maximum Gasteiger partial charge on any atom is 0.253 e. The second kappa shape index (κ2) is 11.4. The molecule has 0 saturated carbocycles. The minimum atomic E-state index is -0.00485. The summed E-state index contributed by atoms with van der Waals surface area (Å²) in [4.78, 5) is 21.8. The third-order valence-corrected chi connectivity index (χ3v) is 3.76. The van der Waals surface area contributed by atoms with Crippen LogP contribution < -0.4 is 15.4 Å². The number of hydrogen-bond acceptors (Lipinski definition) is 4. The van der Waals surface area contributed by atoms with E-state index in [4.69, 9.17) is 4.74 Å². The summed E-state index contributed by atoms with van der Waals surface area (Å²) in [6.07, 6.45) is 1.71. The summed E-state index contributed by atoms with van der Waals surface area (Å²) in [5.41, 5.74) is 2.79. The Labute approximate surface area is 177 Å². The molecule has 0 saturated heterocycles. The molecule has 2 aromatic rings. The van der Waals surface area contributed by atoms with Gasteiger partial charge in [0.2, 0.25) is 5.88 Å². The molecule has 0 unspecified atom stereocenters. The molecule has 2 rings (SSSR count). The Morgan fingerprint density at radius 3 is 2.30 bits per heavy atom. The Morgan fingerprint density at radius 1 is 1.11 bits per heavy atom. The van der Waals surface area contributed by atoms with E-state index in [0.29, 0.717) is 30.5 Å². The summed E-state index contributed by atoms with van der Waals surface area (Å²) in [6.45, 7) is 1.21. The van der Waals surface area contributed by atoms with Crippen LogP contribution in [-0.2, 0) is 13.1 Å². The first kappa shape index (κ1) is 22.7. The van der Waals surface area contributed by atoms with Gasteiger partial charge in [0.1, 0.15) is 0 Å². The zero-order valence-corrected chi connectivity index (χ0v) is 18.4. The van der Waals surface area contributed by atoms with Crippen LogP contribution in [0.15, 0.2) is 47.6 Å². The lowest BCUT2D eigenvalue weighted by Gasteiger charge is -2.13. The van der Waals surface area contributed by atoms with Gasteiger partial charge in [-0.2, -0.15) is 0 Å². The number of aliphatic imine (C=N–C) groups is 1. The van der Waals surface area contributed by atoms with E-state index in [9.17, 15) is 4.79 Å². The van der Waals surface area contributed by atoms with E-state index in [0.717, 1.165) is 11.1 Å².